The van der Waals surface area contributed by atoms with Gasteiger partial charge in [0.25, 0.3) is 5.91 Å². The Hall–Kier alpha value is -2.75. The molecule has 2 heterocycles. The first kappa shape index (κ1) is 21.5. The second kappa shape index (κ2) is 8.78. The normalized spacial score (nSPS) is 15.7. The number of nitrogens with one attached hydrogen (secondary N) is 1. The largest absolute Gasteiger partial charge is 0.346 e. The number of halogens is 1. The molecule has 3 aromatic rings. The molecule has 1 aliphatic heterocycles. The van der Waals surface area contributed by atoms with Crippen molar-refractivity contribution < 1.29 is 13.2 Å². The van der Waals surface area contributed by atoms with E-state index in [0.717, 1.165) is 24.1 Å². The van der Waals surface area contributed by atoms with Crippen LogP contribution < -0.4 is 5.32 Å². The summed E-state index contributed by atoms with van der Waals surface area (Å²) in [7, 11) is -3.72. The van der Waals surface area contributed by atoms with E-state index < -0.39 is 10.0 Å². The van der Waals surface area contributed by atoms with Crippen molar-refractivity contribution >= 4 is 27.5 Å². The van der Waals surface area contributed by atoms with E-state index in [9.17, 15) is 13.2 Å². The molecular formula is C21H22ClN5O3S. The predicted molar refractivity (Wildman–Crippen MR) is 117 cm³/mol. The highest BCUT2D eigenvalue weighted by Crippen LogP contribution is 2.28. The van der Waals surface area contributed by atoms with Crippen LogP contribution in [0, 0.1) is 0 Å². The zero-order valence-electron chi connectivity index (χ0n) is 16.9. The SMILES string of the molecule is CC(NC(=O)c1ccc(Cl)c(S(=O)(=O)N2CCCC2)c1)c1ccc(-n2cncn2)cc1. The maximum absolute atomic E-state index is 12.9. The Morgan fingerprint density at radius 3 is 2.48 bits per heavy atom. The highest BCUT2D eigenvalue weighted by atomic mass is 35.5. The third-order valence-corrected chi connectivity index (χ3v) is 7.68. The van der Waals surface area contributed by atoms with E-state index in [4.69, 9.17) is 11.6 Å². The number of aromatic nitrogens is 3. The number of hydrogen-bond donors (Lipinski definition) is 1. The molecule has 8 nitrogen and oxygen atoms in total. The van der Waals surface area contributed by atoms with Crippen molar-refractivity contribution in [3.63, 3.8) is 0 Å². The van der Waals surface area contributed by atoms with Crippen molar-refractivity contribution in [1.29, 1.82) is 0 Å². The Morgan fingerprint density at radius 1 is 1.13 bits per heavy atom. The summed E-state index contributed by atoms with van der Waals surface area (Å²) in [6.07, 6.45) is 4.71. The van der Waals surface area contributed by atoms with Gasteiger partial charge in [0, 0.05) is 18.7 Å². The first-order valence-corrected chi connectivity index (χ1v) is 11.7. The molecule has 1 fully saturated rings. The van der Waals surface area contributed by atoms with Crippen LogP contribution >= 0.6 is 11.6 Å². The fourth-order valence-electron chi connectivity index (χ4n) is 3.53. The summed E-state index contributed by atoms with van der Waals surface area (Å²) >= 11 is 6.17. The summed E-state index contributed by atoms with van der Waals surface area (Å²) in [4.78, 5) is 16.7. The number of rotatable bonds is 6. The Morgan fingerprint density at radius 2 is 1.84 bits per heavy atom. The lowest BCUT2D eigenvalue weighted by Crippen LogP contribution is -2.29. The van der Waals surface area contributed by atoms with Gasteiger partial charge < -0.3 is 5.32 Å². The van der Waals surface area contributed by atoms with E-state index in [0.29, 0.717) is 13.1 Å². The lowest BCUT2D eigenvalue weighted by atomic mass is 10.1. The minimum atomic E-state index is -3.72. The van der Waals surface area contributed by atoms with Gasteiger partial charge in [-0.05, 0) is 55.7 Å². The van der Waals surface area contributed by atoms with E-state index in [1.54, 1.807) is 11.0 Å². The summed E-state index contributed by atoms with van der Waals surface area (Å²) in [5.41, 5.74) is 2.00. The average molecular weight is 460 g/mol. The van der Waals surface area contributed by atoms with Gasteiger partial charge in [-0.1, -0.05) is 23.7 Å². The molecule has 162 valence electrons. The lowest BCUT2D eigenvalue weighted by Gasteiger charge is -2.18. The number of sulfonamides is 1. The summed E-state index contributed by atoms with van der Waals surface area (Å²) in [5, 5.41) is 7.11. The first-order valence-electron chi connectivity index (χ1n) is 9.92. The van der Waals surface area contributed by atoms with E-state index in [2.05, 4.69) is 15.4 Å². The number of nitrogens with zero attached hydrogens (tertiary/aromatic N) is 4. The second-order valence-electron chi connectivity index (χ2n) is 7.38. The molecule has 1 aliphatic rings. The van der Waals surface area contributed by atoms with E-state index in [1.807, 2.05) is 31.2 Å². The van der Waals surface area contributed by atoms with Crippen LogP contribution in [0.25, 0.3) is 5.69 Å². The van der Waals surface area contributed by atoms with E-state index >= 15 is 0 Å². The van der Waals surface area contributed by atoms with Crippen LogP contribution in [0.4, 0.5) is 0 Å². The van der Waals surface area contributed by atoms with E-state index in [1.165, 1.54) is 28.8 Å². The maximum atomic E-state index is 12.9. The molecule has 0 saturated carbocycles. The summed E-state index contributed by atoms with van der Waals surface area (Å²) in [5.74, 6) is -0.373. The number of benzene rings is 2. The number of hydrogen-bond acceptors (Lipinski definition) is 5. The van der Waals surface area contributed by atoms with Crippen molar-refractivity contribution in [2.24, 2.45) is 0 Å². The van der Waals surface area contributed by atoms with E-state index in [-0.39, 0.29) is 27.4 Å². The van der Waals surface area contributed by atoms with Crippen molar-refractivity contribution in [3.8, 4) is 5.69 Å². The molecule has 0 bridgehead atoms. The zero-order chi connectivity index (χ0) is 22.0. The summed E-state index contributed by atoms with van der Waals surface area (Å²) < 4.78 is 28.9. The van der Waals surface area contributed by atoms with Gasteiger partial charge in [0.05, 0.1) is 16.8 Å². The molecule has 1 atom stereocenters. The molecule has 0 aliphatic carbocycles. The third kappa shape index (κ3) is 4.48. The fraction of sp³-hybridized carbons (Fsp3) is 0.286. The molecule has 31 heavy (non-hydrogen) atoms. The predicted octanol–water partition coefficient (Wildman–Crippen LogP) is 3.20. The van der Waals surface area contributed by atoms with Gasteiger partial charge in [-0.3, -0.25) is 4.79 Å². The number of carbonyl (C=O) groups excluding carboxylic acids is 1. The topological polar surface area (TPSA) is 97.2 Å². The summed E-state index contributed by atoms with van der Waals surface area (Å²) in [6.45, 7) is 2.80. The van der Waals surface area contributed by atoms with Crippen molar-refractivity contribution in [3.05, 3.63) is 71.3 Å². The average Bonchev–Trinajstić information content (AvgIpc) is 3.48. The van der Waals surface area contributed by atoms with Crippen LogP contribution in [0.15, 0.2) is 60.0 Å². The van der Waals surface area contributed by atoms with Gasteiger partial charge in [-0.2, -0.15) is 9.40 Å². The van der Waals surface area contributed by atoms with Gasteiger partial charge in [-0.15, -0.1) is 0 Å². The second-order valence-corrected chi connectivity index (χ2v) is 9.70. The van der Waals surface area contributed by atoms with Crippen LogP contribution in [0.1, 0.15) is 41.7 Å². The zero-order valence-corrected chi connectivity index (χ0v) is 18.5. The minimum Gasteiger partial charge on any atom is -0.346 e. The first-order chi connectivity index (χ1) is 14.9. The lowest BCUT2D eigenvalue weighted by molar-refractivity contribution is 0.0939. The molecule has 1 saturated heterocycles. The van der Waals surface area contributed by atoms with Crippen molar-refractivity contribution in [2.45, 2.75) is 30.7 Å². The molecule has 1 aromatic heterocycles. The van der Waals surface area contributed by atoms with Gasteiger partial charge in [0.2, 0.25) is 10.0 Å². The van der Waals surface area contributed by atoms with Gasteiger partial charge in [-0.25, -0.2) is 18.1 Å². The highest BCUT2D eigenvalue weighted by Gasteiger charge is 2.30. The molecule has 0 spiro atoms. The Balaban J connectivity index is 1.50. The molecule has 1 amide bonds. The van der Waals surface area contributed by atoms with Gasteiger partial charge >= 0.3 is 0 Å². The number of carbonyl (C=O) groups is 1. The highest BCUT2D eigenvalue weighted by molar-refractivity contribution is 7.89. The Kier molecular flexibility index (Phi) is 6.08. The third-order valence-electron chi connectivity index (χ3n) is 5.30. The molecular weight excluding hydrogens is 438 g/mol. The fourth-order valence-corrected chi connectivity index (χ4v) is 5.55. The monoisotopic (exact) mass is 459 g/mol. The van der Waals surface area contributed by atoms with Gasteiger partial charge in [0.15, 0.2) is 0 Å². The molecule has 2 aromatic carbocycles. The van der Waals surface area contributed by atoms with Crippen LogP contribution in [0.2, 0.25) is 5.02 Å². The van der Waals surface area contributed by atoms with Crippen LogP contribution in [-0.4, -0.2) is 46.5 Å². The molecule has 0 radical (unpaired) electrons. The van der Waals surface area contributed by atoms with Crippen molar-refractivity contribution in [1.82, 2.24) is 24.4 Å². The van der Waals surface area contributed by atoms with Crippen molar-refractivity contribution in [2.75, 3.05) is 13.1 Å². The number of amides is 1. The molecule has 1 unspecified atom stereocenters. The Bertz CT molecular complexity index is 1170. The smallest absolute Gasteiger partial charge is 0.251 e. The Labute approximate surface area is 185 Å². The minimum absolute atomic E-state index is 0.0337. The standard InChI is InChI=1S/C21H22ClN5O3S/c1-15(16-4-7-18(8-5-16)27-14-23-13-24-27)25-21(28)17-6-9-19(22)20(12-17)31(29,30)26-10-2-3-11-26/h4-9,12-15H,2-3,10-11H2,1H3,(H,25,28). The van der Waals surface area contributed by atoms with Crippen LogP contribution in [0.3, 0.4) is 0 Å². The maximum Gasteiger partial charge on any atom is 0.251 e. The summed E-state index contributed by atoms with van der Waals surface area (Å²) in [6, 6.07) is 11.6. The molecule has 10 heteroatoms. The van der Waals surface area contributed by atoms with Crippen LogP contribution in [-0.2, 0) is 10.0 Å². The van der Waals surface area contributed by atoms with Crippen LogP contribution in [0.5, 0.6) is 0 Å². The molecule has 4 rings (SSSR count). The molecule has 1 N–H and O–H groups in total. The quantitative estimate of drug-likeness (QED) is 0.610. The van der Waals surface area contributed by atoms with Gasteiger partial charge in [0.1, 0.15) is 17.6 Å².